The molecule has 0 N–H and O–H groups in total. The molecule has 6 heteroatoms. The lowest BCUT2D eigenvalue weighted by atomic mass is 10.3. The van der Waals surface area contributed by atoms with E-state index < -0.39 is 0 Å². The van der Waals surface area contributed by atoms with E-state index in [0.29, 0.717) is 6.61 Å². The van der Waals surface area contributed by atoms with Gasteiger partial charge >= 0.3 is 5.97 Å². The standard InChI is InChI=1S/C10H11N3O2S/c1-2-15-9(14)5-8-6-12-13(7-8)10-11-3-4-16-10/h3-4,6-7H,2,5H2,1H3. The predicted octanol–water partition coefficient (Wildman–Crippen LogP) is 1.43. The summed E-state index contributed by atoms with van der Waals surface area (Å²) < 4.78 is 6.51. The van der Waals surface area contributed by atoms with Crippen LogP contribution < -0.4 is 0 Å². The van der Waals surface area contributed by atoms with E-state index in [-0.39, 0.29) is 12.4 Å². The van der Waals surface area contributed by atoms with Gasteiger partial charge < -0.3 is 4.74 Å². The molecule has 2 aromatic rings. The minimum absolute atomic E-state index is 0.235. The number of hydrogen-bond acceptors (Lipinski definition) is 5. The Kier molecular flexibility index (Phi) is 3.31. The Balaban J connectivity index is 2.06. The number of hydrogen-bond donors (Lipinski definition) is 0. The molecule has 0 atom stereocenters. The van der Waals surface area contributed by atoms with Crippen molar-refractivity contribution in [3.8, 4) is 5.13 Å². The van der Waals surface area contributed by atoms with Gasteiger partial charge in [-0.2, -0.15) is 5.10 Å². The van der Waals surface area contributed by atoms with E-state index in [1.54, 1.807) is 30.2 Å². The van der Waals surface area contributed by atoms with Crippen molar-refractivity contribution >= 4 is 17.3 Å². The number of aromatic nitrogens is 3. The maximum atomic E-state index is 11.2. The maximum absolute atomic E-state index is 11.2. The van der Waals surface area contributed by atoms with Gasteiger partial charge in [0.2, 0.25) is 5.13 Å². The number of ether oxygens (including phenoxy) is 1. The normalized spacial score (nSPS) is 10.3. The van der Waals surface area contributed by atoms with Gasteiger partial charge in [-0.3, -0.25) is 4.79 Å². The molecule has 0 amide bonds. The highest BCUT2D eigenvalue weighted by Crippen LogP contribution is 2.11. The second-order valence-electron chi connectivity index (χ2n) is 3.09. The summed E-state index contributed by atoms with van der Waals surface area (Å²) in [6, 6.07) is 0. The summed E-state index contributed by atoms with van der Waals surface area (Å²) in [5.41, 5.74) is 0.827. The third-order valence-corrected chi connectivity index (χ3v) is 2.67. The van der Waals surface area contributed by atoms with E-state index in [9.17, 15) is 4.79 Å². The number of esters is 1. The van der Waals surface area contributed by atoms with Gasteiger partial charge in [0.05, 0.1) is 19.2 Å². The summed E-state index contributed by atoms with van der Waals surface area (Å²) in [4.78, 5) is 15.4. The van der Waals surface area contributed by atoms with E-state index in [1.807, 2.05) is 5.38 Å². The van der Waals surface area contributed by atoms with Crippen molar-refractivity contribution in [3.63, 3.8) is 0 Å². The van der Waals surface area contributed by atoms with Gasteiger partial charge in [0.1, 0.15) is 0 Å². The fraction of sp³-hybridized carbons (Fsp3) is 0.300. The molecule has 16 heavy (non-hydrogen) atoms. The lowest BCUT2D eigenvalue weighted by Crippen LogP contribution is -2.06. The fourth-order valence-corrected chi connectivity index (χ4v) is 1.84. The molecule has 2 aromatic heterocycles. The van der Waals surface area contributed by atoms with Gasteiger partial charge in [-0.25, -0.2) is 9.67 Å². The van der Waals surface area contributed by atoms with Gasteiger partial charge in [0, 0.05) is 23.3 Å². The van der Waals surface area contributed by atoms with E-state index in [0.717, 1.165) is 10.7 Å². The molecule has 0 bridgehead atoms. The fourth-order valence-electron chi connectivity index (χ4n) is 1.26. The Hall–Kier alpha value is -1.69. The zero-order valence-electron chi connectivity index (χ0n) is 8.79. The van der Waals surface area contributed by atoms with Gasteiger partial charge in [-0.15, -0.1) is 11.3 Å². The molecule has 0 saturated carbocycles. The summed E-state index contributed by atoms with van der Waals surface area (Å²) in [5, 5.41) is 6.79. The number of carbonyl (C=O) groups is 1. The van der Waals surface area contributed by atoms with Crippen molar-refractivity contribution in [3.05, 3.63) is 29.5 Å². The molecule has 0 saturated heterocycles. The van der Waals surface area contributed by atoms with Gasteiger partial charge in [-0.1, -0.05) is 0 Å². The van der Waals surface area contributed by atoms with E-state index in [4.69, 9.17) is 4.74 Å². The highest BCUT2D eigenvalue weighted by Gasteiger charge is 2.07. The molecule has 0 spiro atoms. The molecular formula is C10H11N3O2S. The van der Waals surface area contributed by atoms with Crippen LogP contribution in [0.1, 0.15) is 12.5 Å². The number of carbonyl (C=O) groups excluding carboxylic acids is 1. The molecule has 0 fully saturated rings. The lowest BCUT2D eigenvalue weighted by molar-refractivity contribution is -0.142. The van der Waals surface area contributed by atoms with E-state index in [2.05, 4.69) is 10.1 Å². The summed E-state index contributed by atoms with van der Waals surface area (Å²) in [6.45, 7) is 2.19. The number of thiazole rings is 1. The smallest absolute Gasteiger partial charge is 0.310 e. The van der Waals surface area contributed by atoms with Crippen molar-refractivity contribution in [1.82, 2.24) is 14.8 Å². The molecule has 5 nitrogen and oxygen atoms in total. The first kappa shape index (κ1) is 10.8. The quantitative estimate of drug-likeness (QED) is 0.755. The Morgan fingerprint density at radius 1 is 1.62 bits per heavy atom. The van der Waals surface area contributed by atoms with Crippen LogP contribution >= 0.6 is 11.3 Å². The summed E-state index contributed by atoms with van der Waals surface area (Å²) in [5.74, 6) is -0.235. The Labute approximate surface area is 96.7 Å². The van der Waals surface area contributed by atoms with Gasteiger partial charge in [-0.05, 0) is 6.92 Å². The van der Waals surface area contributed by atoms with Crippen LogP contribution in [0, 0.1) is 0 Å². The summed E-state index contributed by atoms with van der Waals surface area (Å²) in [6.07, 6.45) is 5.40. The molecule has 84 valence electrons. The van der Waals surface area contributed by atoms with Crippen LogP contribution in [0.25, 0.3) is 5.13 Å². The largest absolute Gasteiger partial charge is 0.466 e. The molecular weight excluding hydrogens is 226 g/mol. The van der Waals surface area contributed by atoms with Crippen molar-refractivity contribution in [2.24, 2.45) is 0 Å². The summed E-state index contributed by atoms with van der Waals surface area (Å²) in [7, 11) is 0. The maximum Gasteiger partial charge on any atom is 0.310 e. The van der Waals surface area contributed by atoms with E-state index >= 15 is 0 Å². The van der Waals surface area contributed by atoms with Crippen molar-refractivity contribution < 1.29 is 9.53 Å². The van der Waals surface area contributed by atoms with Crippen molar-refractivity contribution in [2.45, 2.75) is 13.3 Å². The average Bonchev–Trinajstić information content (AvgIpc) is 2.86. The molecule has 0 aromatic carbocycles. The monoisotopic (exact) mass is 237 g/mol. The van der Waals surface area contributed by atoms with Crippen LogP contribution in [0.2, 0.25) is 0 Å². The molecule has 2 rings (SSSR count). The molecule has 2 heterocycles. The van der Waals surface area contributed by atoms with Crippen molar-refractivity contribution in [2.75, 3.05) is 6.61 Å². The SMILES string of the molecule is CCOC(=O)Cc1cnn(-c2nccs2)c1. The molecule has 0 aliphatic heterocycles. The highest BCUT2D eigenvalue weighted by atomic mass is 32.1. The zero-order valence-corrected chi connectivity index (χ0v) is 9.61. The van der Waals surface area contributed by atoms with Crippen LogP contribution in [0.5, 0.6) is 0 Å². The lowest BCUT2D eigenvalue weighted by Gasteiger charge is -1.98. The Morgan fingerprint density at radius 3 is 3.19 bits per heavy atom. The average molecular weight is 237 g/mol. The first-order valence-electron chi connectivity index (χ1n) is 4.88. The third-order valence-electron chi connectivity index (χ3n) is 1.91. The molecule has 0 aliphatic rings. The predicted molar refractivity (Wildman–Crippen MR) is 59.6 cm³/mol. The van der Waals surface area contributed by atoms with Crippen molar-refractivity contribution in [1.29, 1.82) is 0 Å². The first-order valence-corrected chi connectivity index (χ1v) is 5.76. The second kappa shape index (κ2) is 4.89. The first-order chi connectivity index (χ1) is 7.79. The second-order valence-corrected chi connectivity index (χ2v) is 3.96. The molecule has 0 radical (unpaired) electrons. The minimum Gasteiger partial charge on any atom is -0.466 e. The zero-order chi connectivity index (χ0) is 11.4. The van der Waals surface area contributed by atoms with E-state index in [1.165, 1.54) is 11.3 Å². The number of nitrogens with zero attached hydrogens (tertiary/aromatic N) is 3. The van der Waals surface area contributed by atoms with Crippen LogP contribution in [-0.2, 0) is 16.0 Å². The third kappa shape index (κ3) is 2.46. The highest BCUT2D eigenvalue weighted by molar-refractivity contribution is 7.12. The summed E-state index contributed by atoms with van der Waals surface area (Å²) >= 11 is 1.49. The van der Waals surface area contributed by atoms with Crippen LogP contribution in [-0.4, -0.2) is 27.3 Å². The Morgan fingerprint density at radius 2 is 2.50 bits per heavy atom. The van der Waals surface area contributed by atoms with Crippen LogP contribution in [0.4, 0.5) is 0 Å². The number of rotatable bonds is 4. The minimum atomic E-state index is -0.235. The molecule has 0 aliphatic carbocycles. The van der Waals surface area contributed by atoms with Crippen LogP contribution in [0.3, 0.4) is 0 Å². The molecule has 0 unspecified atom stereocenters. The Bertz CT molecular complexity index is 464. The van der Waals surface area contributed by atoms with Crippen LogP contribution in [0.15, 0.2) is 24.0 Å². The van der Waals surface area contributed by atoms with Gasteiger partial charge in [0.15, 0.2) is 0 Å². The topological polar surface area (TPSA) is 57.0 Å². The van der Waals surface area contributed by atoms with Gasteiger partial charge in [0.25, 0.3) is 0 Å².